The maximum Gasteiger partial charge on any atom is 0.335 e. The minimum Gasteiger partial charge on any atom is -0.478 e. The zero-order chi connectivity index (χ0) is 14.7. The second-order valence-corrected chi connectivity index (χ2v) is 5.52. The van der Waals surface area contributed by atoms with Crippen molar-refractivity contribution in [3.63, 3.8) is 0 Å². The Balaban J connectivity index is 2.05. The highest BCUT2D eigenvalue weighted by atomic mass is 16.4. The van der Waals surface area contributed by atoms with Crippen LogP contribution in [0.25, 0.3) is 0 Å². The van der Waals surface area contributed by atoms with Crippen molar-refractivity contribution in [2.24, 2.45) is 5.92 Å². The molecule has 0 radical (unpaired) electrons. The molecule has 5 heteroatoms. The topological polar surface area (TPSA) is 69.6 Å². The van der Waals surface area contributed by atoms with Crippen LogP contribution in [0.1, 0.15) is 29.8 Å². The number of carbonyl (C=O) groups excluding carboxylic acids is 1. The summed E-state index contributed by atoms with van der Waals surface area (Å²) in [4.78, 5) is 24.8. The second kappa shape index (κ2) is 5.94. The second-order valence-electron chi connectivity index (χ2n) is 5.52. The maximum absolute atomic E-state index is 11.9. The van der Waals surface area contributed by atoms with Crippen LogP contribution in [0, 0.1) is 5.92 Å². The normalized spacial score (nSPS) is 13.4. The number of carbonyl (C=O) groups is 2. The van der Waals surface area contributed by atoms with Gasteiger partial charge in [0.25, 0.3) is 0 Å². The molecule has 0 spiro atoms. The molecule has 1 heterocycles. The Bertz CT molecular complexity index is 526. The number of anilines is 1. The van der Waals surface area contributed by atoms with E-state index in [0.717, 1.165) is 24.2 Å². The highest BCUT2D eigenvalue weighted by Gasteiger charge is 2.22. The first-order chi connectivity index (χ1) is 9.47. The third kappa shape index (κ3) is 3.29. The van der Waals surface area contributed by atoms with Crippen molar-refractivity contribution in [3.05, 3.63) is 29.3 Å². The lowest BCUT2D eigenvalue weighted by Crippen LogP contribution is -2.37. The van der Waals surface area contributed by atoms with Crippen molar-refractivity contribution in [3.8, 4) is 0 Å². The Kier molecular flexibility index (Phi) is 4.27. The first-order valence-corrected chi connectivity index (χ1v) is 6.85. The molecule has 1 aromatic carbocycles. The van der Waals surface area contributed by atoms with Crippen LogP contribution in [0.2, 0.25) is 0 Å². The smallest absolute Gasteiger partial charge is 0.335 e. The summed E-state index contributed by atoms with van der Waals surface area (Å²) >= 11 is 0. The molecule has 2 rings (SSSR count). The van der Waals surface area contributed by atoms with Crippen LogP contribution in [0.15, 0.2) is 18.2 Å². The number of benzene rings is 1. The van der Waals surface area contributed by atoms with Crippen molar-refractivity contribution in [1.82, 2.24) is 5.32 Å². The first kappa shape index (κ1) is 14.4. The van der Waals surface area contributed by atoms with Gasteiger partial charge in [-0.05, 0) is 30.0 Å². The van der Waals surface area contributed by atoms with Gasteiger partial charge in [0.1, 0.15) is 0 Å². The molecule has 5 nitrogen and oxygen atoms in total. The number of hydrogen-bond acceptors (Lipinski definition) is 3. The number of nitrogens with zero attached hydrogens (tertiary/aromatic N) is 1. The van der Waals surface area contributed by atoms with Crippen LogP contribution in [0.3, 0.4) is 0 Å². The van der Waals surface area contributed by atoms with E-state index < -0.39 is 5.97 Å². The third-order valence-electron chi connectivity index (χ3n) is 3.37. The minimum atomic E-state index is -0.941. The van der Waals surface area contributed by atoms with Crippen molar-refractivity contribution >= 4 is 17.6 Å². The number of rotatable bonds is 5. The molecule has 2 N–H and O–H groups in total. The fourth-order valence-electron chi connectivity index (χ4n) is 2.29. The Hall–Kier alpha value is -2.04. The van der Waals surface area contributed by atoms with E-state index in [9.17, 15) is 9.59 Å². The summed E-state index contributed by atoms with van der Waals surface area (Å²) in [5, 5.41) is 11.9. The van der Waals surface area contributed by atoms with Crippen LogP contribution in [0.5, 0.6) is 0 Å². The molecule has 1 amide bonds. The van der Waals surface area contributed by atoms with Crippen LogP contribution < -0.4 is 10.2 Å². The van der Waals surface area contributed by atoms with Gasteiger partial charge in [-0.3, -0.25) is 4.79 Å². The van der Waals surface area contributed by atoms with Gasteiger partial charge in [-0.25, -0.2) is 4.79 Å². The molecule has 0 aliphatic carbocycles. The lowest BCUT2D eigenvalue weighted by atomic mass is 10.1. The minimum absolute atomic E-state index is 0.0210. The first-order valence-electron chi connectivity index (χ1n) is 6.85. The molecule has 1 aromatic rings. The van der Waals surface area contributed by atoms with Gasteiger partial charge < -0.3 is 15.3 Å². The zero-order valence-electron chi connectivity index (χ0n) is 11.8. The maximum atomic E-state index is 11.9. The lowest BCUT2D eigenvalue weighted by molar-refractivity contribution is -0.119. The molecule has 0 saturated heterocycles. The Labute approximate surface area is 118 Å². The average Bonchev–Trinajstić information content (AvgIpc) is 2.79. The van der Waals surface area contributed by atoms with Crippen molar-refractivity contribution in [1.29, 1.82) is 0 Å². The van der Waals surface area contributed by atoms with Gasteiger partial charge in [0.2, 0.25) is 5.91 Å². The van der Waals surface area contributed by atoms with Crippen LogP contribution in [-0.2, 0) is 11.2 Å². The van der Waals surface area contributed by atoms with Crippen LogP contribution in [0.4, 0.5) is 5.69 Å². The number of carboxylic acids is 1. The zero-order valence-corrected chi connectivity index (χ0v) is 11.8. The molecule has 1 aliphatic heterocycles. The molecular formula is C15H20N2O3. The molecule has 0 bridgehead atoms. The number of hydrogen-bond donors (Lipinski definition) is 2. The van der Waals surface area contributed by atoms with Gasteiger partial charge in [0.05, 0.1) is 12.1 Å². The molecule has 108 valence electrons. The molecule has 0 atom stereocenters. The number of amides is 1. The Morgan fingerprint density at radius 1 is 1.40 bits per heavy atom. The lowest BCUT2D eigenvalue weighted by Gasteiger charge is -2.19. The predicted molar refractivity (Wildman–Crippen MR) is 77.2 cm³/mol. The number of carboxylic acid groups (broad SMARTS) is 1. The van der Waals surface area contributed by atoms with Gasteiger partial charge in [-0.1, -0.05) is 19.9 Å². The van der Waals surface area contributed by atoms with Gasteiger partial charge in [0.15, 0.2) is 0 Å². The van der Waals surface area contributed by atoms with E-state index in [1.807, 2.05) is 24.8 Å². The highest BCUT2D eigenvalue weighted by molar-refractivity contribution is 5.90. The fraction of sp³-hybridized carbons (Fsp3) is 0.467. The molecule has 20 heavy (non-hydrogen) atoms. The highest BCUT2D eigenvalue weighted by Crippen LogP contribution is 2.28. The van der Waals surface area contributed by atoms with Gasteiger partial charge in [0, 0.05) is 18.8 Å². The van der Waals surface area contributed by atoms with E-state index in [4.69, 9.17) is 5.11 Å². The number of nitrogens with one attached hydrogen (secondary N) is 1. The van der Waals surface area contributed by atoms with E-state index >= 15 is 0 Å². The standard InChI is InChI=1S/C15H20N2O3/c1-10(2)8-16-14(18)9-17-6-5-11-3-4-12(15(19)20)7-13(11)17/h3-4,7,10H,5-6,8-9H2,1-2H3,(H,16,18)(H,19,20). The van der Waals surface area contributed by atoms with Crippen molar-refractivity contribution in [2.45, 2.75) is 20.3 Å². The average molecular weight is 276 g/mol. The van der Waals surface area contributed by atoms with Gasteiger partial charge >= 0.3 is 5.97 Å². The van der Waals surface area contributed by atoms with Gasteiger partial charge in [-0.15, -0.1) is 0 Å². The number of fused-ring (bicyclic) bond motifs is 1. The summed E-state index contributed by atoms with van der Waals surface area (Å²) in [6.45, 7) is 5.79. The summed E-state index contributed by atoms with van der Waals surface area (Å²) in [5.41, 5.74) is 2.23. The van der Waals surface area contributed by atoms with Gasteiger partial charge in [-0.2, -0.15) is 0 Å². The molecule has 0 aromatic heterocycles. The quantitative estimate of drug-likeness (QED) is 0.855. The molecule has 0 saturated carbocycles. The van der Waals surface area contributed by atoms with Crippen molar-refractivity contribution < 1.29 is 14.7 Å². The Morgan fingerprint density at radius 2 is 2.15 bits per heavy atom. The summed E-state index contributed by atoms with van der Waals surface area (Å²) in [7, 11) is 0. The molecule has 0 fully saturated rings. The molecule has 1 aliphatic rings. The summed E-state index contributed by atoms with van der Waals surface area (Å²) in [6, 6.07) is 5.11. The monoisotopic (exact) mass is 276 g/mol. The van der Waals surface area contributed by atoms with E-state index in [2.05, 4.69) is 5.32 Å². The Morgan fingerprint density at radius 3 is 2.80 bits per heavy atom. The van der Waals surface area contributed by atoms with Crippen LogP contribution >= 0.6 is 0 Å². The third-order valence-corrected chi connectivity index (χ3v) is 3.37. The predicted octanol–water partition coefficient (Wildman–Crippen LogP) is 1.52. The summed E-state index contributed by atoms with van der Waals surface area (Å²) < 4.78 is 0. The molecular weight excluding hydrogens is 256 g/mol. The summed E-state index contributed by atoms with van der Waals surface area (Å²) in [6.07, 6.45) is 0.854. The van der Waals surface area contributed by atoms with E-state index in [0.29, 0.717) is 12.5 Å². The number of aromatic carboxylic acids is 1. The van der Waals surface area contributed by atoms with Crippen LogP contribution in [-0.4, -0.2) is 36.6 Å². The summed E-state index contributed by atoms with van der Waals surface area (Å²) in [5.74, 6) is -0.542. The SMILES string of the molecule is CC(C)CNC(=O)CN1CCc2ccc(C(=O)O)cc21. The van der Waals surface area contributed by atoms with E-state index in [-0.39, 0.29) is 18.0 Å². The largest absolute Gasteiger partial charge is 0.478 e. The van der Waals surface area contributed by atoms with Crippen molar-refractivity contribution in [2.75, 3.05) is 24.5 Å². The van der Waals surface area contributed by atoms with E-state index in [1.54, 1.807) is 12.1 Å². The van der Waals surface area contributed by atoms with E-state index in [1.165, 1.54) is 0 Å². The molecule has 0 unspecified atom stereocenters. The fourth-order valence-corrected chi connectivity index (χ4v) is 2.29.